The summed E-state index contributed by atoms with van der Waals surface area (Å²) in [5.41, 5.74) is 5.98. The van der Waals surface area contributed by atoms with Gasteiger partial charge in [-0.05, 0) is 51.0 Å². The highest BCUT2D eigenvalue weighted by Crippen LogP contribution is 2.13. The van der Waals surface area contributed by atoms with Crippen LogP contribution < -0.4 is 16.6 Å². The van der Waals surface area contributed by atoms with Crippen molar-refractivity contribution in [3.8, 4) is 0 Å². The Bertz CT molecular complexity index is 362. The molecule has 0 fully saturated rings. The molecule has 88 valence electrons. The Labute approximate surface area is 96.9 Å². The van der Waals surface area contributed by atoms with Crippen molar-refractivity contribution in [1.29, 1.82) is 0 Å². The van der Waals surface area contributed by atoms with Crippen molar-refractivity contribution in [2.75, 3.05) is 5.32 Å². The second-order valence-electron chi connectivity index (χ2n) is 4.22. The van der Waals surface area contributed by atoms with Crippen LogP contribution >= 0.6 is 0 Å². The number of nitrogens with zero attached hydrogens (tertiary/aromatic N) is 1. The molecule has 0 aliphatic rings. The Morgan fingerprint density at radius 3 is 2.19 bits per heavy atom. The smallest absolute Gasteiger partial charge is 0.210 e. The van der Waals surface area contributed by atoms with Gasteiger partial charge in [-0.25, -0.2) is 10.8 Å². The summed E-state index contributed by atoms with van der Waals surface area (Å²) in [4.78, 5) is 4.32. The third kappa shape index (κ3) is 3.90. The standard InChI is InChI=1S/C12H20N4/c1-8(2)14-12(16-13)15-11-6-9(3)5-10(4)7-11/h5-8H,13H2,1-4H3,(H2,14,15,16). The minimum atomic E-state index is 0.199. The second kappa shape index (κ2) is 5.51. The second-order valence-corrected chi connectivity index (χ2v) is 4.22. The summed E-state index contributed by atoms with van der Waals surface area (Å²) < 4.78 is 0. The normalized spacial score (nSPS) is 11.8. The van der Waals surface area contributed by atoms with Gasteiger partial charge in [0, 0.05) is 11.7 Å². The van der Waals surface area contributed by atoms with Gasteiger partial charge in [0.2, 0.25) is 5.96 Å². The zero-order chi connectivity index (χ0) is 12.1. The van der Waals surface area contributed by atoms with Crippen LogP contribution in [-0.4, -0.2) is 12.0 Å². The third-order valence-electron chi connectivity index (χ3n) is 2.01. The number of nitrogens with one attached hydrogen (secondary N) is 2. The highest BCUT2D eigenvalue weighted by atomic mass is 15.3. The number of hydrogen-bond donors (Lipinski definition) is 3. The fraction of sp³-hybridized carbons (Fsp3) is 0.417. The molecule has 0 unspecified atom stereocenters. The number of nitrogens with two attached hydrogens (primary N) is 1. The molecular weight excluding hydrogens is 200 g/mol. The van der Waals surface area contributed by atoms with Crippen LogP contribution in [0.15, 0.2) is 23.2 Å². The monoisotopic (exact) mass is 220 g/mol. The minimum Gasteiger partial charge on any atom is -0.325 e. The Morgan fingerprint density at radius 2 is 1.75 bits per heavy atom. The first-order valence-corrected chi connectivity index (χ1v) is 5.41. The summed E-state index contributed by atoms with van der Waals surface area (Å²) in [6.45, 7) is 8.13. The Hall–Kier alpha value is -1.55. The van der Waals surface area contributed by atoms with E-state index in [-0.39, 0.29) is 6.04 Å². The molecule has 0 aromatic heterocycles. The molecule has 0 atom stereocenters. The molecule has 0 saturated heterocycles. The van der Waals surface area contributed by atoms with Gasteiger partial charge in [-0.3, -0.25) is 5.43 Å². The molecule has 0 aliphatic heterocycles. The van der Waals surface area contributed by atoms with Gasteiger partial charge in [-0.2, -0.15) is 0 Å². The lowest BCUT2D eigenvalue weighted by Gasteiger charge is -2.11. The largest absolute Gasteiger partial charge is 0.325 e. The number of aliphatic imine (C=N–C) groups is 1. The highest BCUT2D eigenvalue weighted by Gasteiger charge is 2.00. The molecule has 4 heteroatoms. The van der Waals surface area contributed by atoms with Crippen molar-refractivity contribution >= 4 is 11.6 Å². The molecule has 4 N–H and O–H groups in total. The molecule has 0 radical (unpaired) electrons. The van der Waals surface area contributed by atoms with Gasteiger partial charge < -0.3 is 5.32 Å². The summed E-state index contributed by atoms with van der Waals surface area (Å²) >= 11 is 0. The average Bonchev–Trinajstić information content (AvgIpc) is 2.14. The molecule has 16 heavy (non-hydrogen) atoms. The van der Waals surface area contributed by atoms with Crippen LogP contribution in [-0.2, 0) is 0 Å². The van der Waals surface area contributed by atoms with Crippen LogP contribution in [0.3, 0.4) is 0 Å². The van der Waals surface area contributed by atoms with Crippen molar-refractivity contribution in [3.05, 3.63) is 29.3 Å². The van der Waals surface area contributed by atoms with Crippen molar-refractivity contribution in [2.45, 2.75) is 33.7 Å². The van der Waals surface area contributed by atoms with Crippen LogP contribution in [0.25, 0.3) is 0 Å². The number of hydrogen-bond acceptors (Lipinski definition) is 2. The number of benzene rings is 1. The topological polar surface area (TPSA) is 62.4 Å². The molecule has 1 aromatic rings. The van der Waals surface area contributed by atoms with E-state index >= 15 is 0 Å². The zero-order valence-corrected chi connectivity index (χ0v) is 10.3. The summed E-state index contributed by atoms with van der Waals surface area (Å²) in [7, 11) is 0. The van der Waals surface area contributed by atoms with E-state index < -0.39 is 0 Å². The summed E-state index contributed by atoms with van der Waals surface area (Å²) in [5.74, 6) is 5.99. The van der Waals surface area contributed by atoms with Crippen LogP contribution in [0, 0.1) is 13.8 Å². The quantitative estimate of drug-likeness (QED) is 0.309. The zero-order valence-electron chi connectivity index (χ0n) is 10.3. The molecule has 1 aromatic carbocycles. The van der Waals surface area contributed by atoms with E-state index in [0.29, 0.717) is 5.96 Å². The maximum atomic E-state index is 5.40. The summed E-state index contributed by atoms with van der Waals surface area (Å²) in [5, 5.41) is 3.16. The fourth-order valence-electron chi connectivity index (χ4n) is 1.55. The van der Waals surface area contributed by atoms with E-state index in [2.05, 4.69) is 47.8 Å². The molecule has 0 amide bonds. The number of guanidine groups is 1. The Morgan fingerprint density at radius 1 is 1.19 bits per heavy atom. The average molecular weight is 220 g/mol. The third-order valence-corrected chi connectivity index (χ3v) is 2.01. The number of aryl methyl sites for hydroxylation is 2. The van der Waals surface area contributed by atoms with E-state index in [1.54, 1.807) is 0 Å². The van der Waals surface area contributed by atoms with Crippen molar-refractivity contribution in [3.63, 3.8) is 0 Å². The fourth-order valence-corrected chi connectivity index (χ4v) is 1.55. The van der Waals surface area contributed by atoms with Gasteiger partial charge in [0.05, 0.1) is 0 Å². The summed E-state index contributed by atoms with van der Waals surface area (Å²) in [6.07, 6.45) is 0. The predicted octanol–water partition coefficient (Wildman–Crippen LogP) is 1.94. The van der Waals surface area contributed by atoms with Gasteiger partial charge in [0.15, 0.2) is 0 Å². The van der Waals surface area contributed by atoms with Gasteiger partial charge in [0.25, 0.3) is 0 Å². The molecule has 0 saturated carbocycles. The molecule has 1 rings (SSSR count). The van der Waals surface area contributed by atoms with Crippen LogP contribution in [0.5, 0.6) is 0 Å². The molecular formula is C12H20N4. The SMILES string of the molecule is Cc1cc(C)cc(NC(=NC(C)C)NN)c1. The Balaban J connectivity index is 2.86. The van der Waals surface area contributed by atoms with Gasteiger partial charge in [0.1, 0.15) is 0 Å². The molecule has 0 aliphatic carbocycles. The van der Waals surface area contributed by atoms with E-state index in [1.165, 1.54) is 11.1 Å². The first kappa shape index (κ1) is 12.5. The highest BCUT2D eigenvalue weighted by molar-refractivity contribution is 5.93. The van der Waals surface area contributed by atoms with Crippen molar-refractivity contribution in [2.24, 2.45) is 10.8 Å². The lowest BCUT2D eigenvalue weighted by molar-refractivity contribution is 0.819. The maximum absolute atomic E-state index is 5.40. The number of hydrazine groups is 1. The van der Waals surface area contributed by atoms with Gasteiger partial charge in [-0.15, -0.1) is 0 Å². The van der Waals surface area contributed by atoms with E-state index in [0.717, 1.165) is 5.69 Å². The molecule has 0 spiro atoms. The van der Waals surface area contributed by atoms with Gasteiger partial charge >= 0.3 is 0 Å². The molecule has 4 nitrogen and oxygen atoms in total. The van der Waals surface area contributed by atoms with Gasteiger partial charge in [-0.1, -0.05) is 6.07 Å². The number of anilines is 1. The predicted molar refractivity (Wildman–Crippen MR) is 69.4 cm³/mol. The Kier molecular flexibility index (Phi) is 4.31. The van der Waals surface area contributed by atoms with E-state index in [9.17, 15) is 0 Å². The lowest BCUT2D eigenvalue weighted by Crippen LogP contribution is -2.37. The van der Waals surface area contributed by atoms with E-state index in [4.69, 9.17) is 5.84 Å². The number of rotatable bonds is 2. The maximum Gasteiger partial charge on any atom is 0.210 e. The molecule has 0 heterocycles. The van der Waals surface area contributed by atoms with Crippen LogP contribution in [0.4, 0.5) is 5.69 Å². The van der Waals surface area contributed by atoms with Crippen molar-refractivity contribution in [1.82, 2.24) is 5.43 Å². The minimum absolute atomic E-state index is 0.199. The van der Waals surface area contributed by atoms with Crippen molar-refractivity contribution < 1.29 is 0 Å². The first-order chi connectivity index (χ1) is 7.51. The first-order valence-electron chi connectivity index (χ1n) is 5.41. The van der Waals surface area contributed by atoms with Crippen LogP contribution in [0.1, 0.15) is 25.0 Å². The molecule has 0 bridgehead atoms. The van der Waals surface area contributed by atoms with Crippen LogP contribution in [0.2, 0.25) is 0 Å². The van der Waals surface area contributed by atoms with E-state index in [1.807, 2.05) is 13.8 Å². The summed E-state index contributed by atoms with van der Waals surface area (Å²) in [6, 6.07) is 6.44. The lowest BCUT2D eigenvalue weighted by atomic mass is 10.1.